The largest absolute Gasteiger partial charge is 0.376 e. The molecule has 1 fully saturated rings. The first kappa shape index (κ1) is 21.2. The summed E-state index contributed by atoms with van der Waals surface area (Å²) in [5, 5.41) is 5.59. The first-order valence-corrected chi connectivity index (χ1v) is 12.9. The number of thiophene rings is 1. The van der Waals surface area contributed by atoms with Gasteiger partial charge in [0.1, 0.15) is 4.83 Å². The van der Waals surface area contributed by atoms with Crippen LogP contribution in [0.15, 0.2) is 14.5 Å². The highest BCUT2D eigenvalue weighted by molar-refractivity contribution is 7.98. The fraction of sp³-hybridized carbons (Fsp3) is 0.636. The molecule has 3 aromatic rings. The predicted octanol–water partition coefficient (Wildman–Crippen LogP) is 4.56. The second-order valence-corrected chi connectivity index (χ2v) is 11.0. The van der Waals surface area contributed by atoms with E-state index in [2.05, 4.69) is 17.1 Å². The topological polar surface area (TPSA) is 83.0 Å². The molecule has 1 saturated heterocycles. The summed E-state index contributed by atoms with van der Waals surface area (Å²) in [6.07, 6.45) is 5.25. The first-order valence-electron chi connectivity index (χ1n) is 11.1. The van der Waals surface area contributed by atoms with Gasteiger partial charge in [-0.05, 0) is 43.6 Å². The Hall–Kier alpha value is -1.71. The molecule has 3 aromatic heterocycles. The Morgan fingerprint density at radius 3 is 2.90 bits per heavy atom. The summed E-state index contributed by atoms with van der Waals surface area (Å²) >= 11 is 3.18. The average Bonchev–Trinajstić information content (AvgIpc) is 3.47. The molecule has 1 aliphatic heterocycles. The second kappa shape index (κ2) is 8.67. The van der Waals surface area contributed by atoms with Crippen LogP contribution in [0.25, 0.3) is 10.2 Å². The van der Waals surface area contributed by atoms with E-state index in [9.17, 15) is 4.79 Å². The third kappa shape index (κ3) is 4.19. The first-order chi connectivity index (χ1) is 15.0. The molecule has 166 valence electrons. The number of fused-ring (bicyclic) bond motifs is 3. The van der Waals surface area contributed by atoms with Crippen LogP contribution in [0.1, 0.15) is 68.1 Å². The quantitative estimate of drug-likeness (QED) is 0.394. The SMILES string of the molecule is CC1CCc2c(sc3nc(SCc4nc(C(C)C)no4)n(CC4CCCO4)c(=O)c23)C1. The van der Waals surface area contributed by atoms with Crippen LogP contribution in [-0.4, -0.2) is 32.4 Å². The van der Waals surface area contributed by atoms with Gasteiger partial charge in [-0.1, -0.05) is 37.7 Å². The normalized spacial score (nSPS) is 21.3. The van der Waals surface area contributed by atoms with Crippen molar-refractivity contribution in [1.29, 1.82) is 0 Å². The van der Waals surface area contributed by atoms with Crippen molar-refractivity contribution in [3.63, 3.8) is 0 Å². The van der Waals surface area contributed by atoms with Crippen molar-refractivity contribution in [1.82, 2.24) is 19.7 Å². The molecule has 9 heteroatoms. The van der Waals surface area contributed by atoms with E-state index in [0.29, 0.717) is 35.1 Å². The van der Waals surface area contributed by atoms with E-state index >= 15 is 0 Å². The van der Waals surface area contributed by atoms with Crippen LogP contribution in [0.5, 0.6) is 0 Å². The Labute approximate surface area is 189 Å². The zero-order chi connectivity index (χ0) is 21.5. The van der Waals surface area contributed by atoms with Crippen molar-refractivity contribution >= 4 is 33.3 Å². The van der Waals surface area contributed by atoms with Gasteiger partial charge >= 0.3 is 0 Å². The molecule has 2 atom stereocenters. The summed E-state index contributed by atoms with van der Waals surface area (Å²) in [7, 11) is 0. The van der Waals surface area contributed by atoms with Gasteiger partial charge in [0, 0.05) is 17.4 Å². The van der Waals surface area contributed by atoms with Crippen LogP contribution < -0.4 is 5.56 Å². The number of aryl methyl sites for hydroxylation is 1. The number of ether oxygens (including phenoxy) is 1. The van der Waals surface area contributed by atoms with Crippen molar-refractivity contribution in [3.8, 4) is 0 Å². The highest BCUT2D eigenvalue weighted by Crippen LogP contribution is 2.37. The van der Waals surface area contributed by atoms with E-state index in [4.69, 9.17) is 14.2 Å². The molecular formula is C22H28N4O3S2. The third-order valence-electron chi connectivity index (χ3n) is 6.12. The highest BCUT2D eigenvalue weighted by Gasteiger charge is 2.26. The summed E-state index contributed by atoms with van der Waals surface area (Å²) in [5.41, 5.74) is 1.30. The lowest BCUT2D eigenvalue weighted by Gasteiger charge is -2.18. The Balaban J connectivity index is 1.52. The van der Waals surface area contributed by atoms with Gasteiger partial charge in [-0.3, -0.25) is 9.36 Å². The Morgan fingerprint density at radius 2 is 2.16 bits per heavy atom. The van der Waals surface area contributed by atoms with Gasteiger partial charge in [0.25, 0.3) is 5.56 Å². The van der Waals surface area contributed by atoms with Gasteiger partial charge in [0.2, 0.25) is 5.89 Å². The van der Waals surface area contributed by atoms with Crippen LogP contribution in [0.3, 0.4) is 0 Å². The van der Waals surface area contributed by atoms with Crippen LogP contribution >= 0.6 is 23.1 Å². The Bertz CT molecular complexity index is 1140. The number of rotatable bonds is 6. The van der Waals surface area contributed by atoms with Crippen molar-refractivity contribution in [3.05, 3.63) is 32.5 Å². The van der Waals surface area contributed by atoms with Crippen LogP contribution in [0, 0.1) is 5.92 Å². The predicted molar refractivity (Wildman–Crippen MR) is 122 cm³/mol. The van der Waals surface area contributed by atoms with Gasteiger partial charge in [0.15, 0.2) is 11.0 Å². The smallest absolute Gasteiger partial charge is 0.263 e. The van der Waals surface area contributed by atoms with Gasteiger partial charge in [-0.15, -0.1) is 11.3 Å². The maximum atomic E-state index is 13.7. The van der Waals surface area contributed by atoms with E-state index < -0.39 is 0 Å². The van der Waals surface area contributed by atoms with Crippen LogP contribution in [0.2, 0.25) is 0 Å². The number of nitrogens with zero attached hydrogens (tertiary/aromatic N) is 4. The second-order valence-electron chi connectivity index (χ2n) is 8.97. The lowest BCUT2D eigenvalue weighted by molar-refractivity contribution is 0.0937. The van der Waals surface area contributed by atoms with Crippen LogP contribution in [-0.2, 0) is 29.9 Å². The van der Waals surface area contributed by atoms with Crippen molar-refractivity contribution < 1.29 is 9.26 Å². The molecule has 7 nitrogen and oxygen atoms in total. The molecule has 2 unspecified atom stereocenters. The number of thioether (sulfide) groups is 1. The summed E-state index contributed by atoms with van der Waals surface area (Å²) in [5.74, 6) is 2.64. The Morgan fingerprint density at radius 1 is 1.29 bits per heavy atom. The minimum Gasteiger partial charge on any atom is -0.376 e. The number of aromatic nitrogens is 4. The molecule has 2 aliphatic rings. The zero-order valence-electron chi connectivity index (χ0n) is 18.2. The van der Waals surface area contributed by atoms with E-state index in [1.54, 1.807) is 11.3 Å². The van der Waals surface area contributed by atoms with Gasteiger partial charge in [-0.2, -0.15) is 4.98 Å². The molecule has 0 radical (unpaired) electrons. The van der Waals surface area contributed by atoms with E-state index in [1.807, 2.05) is 18.4 Å². The van der Waals surface area contributed by atoms with Crippen molar-refractivity contribution in [2.24, 2.45) is 5.92 Å². The molecule has 31 heavy (non-hydrogen) atoms. The average molecular weight is 461 g/mol. The summed E-state index contributed by atoms with van der Waals surface area (Å²) in [6, 6.07) is 0. The van der Waals surface area contributed by atoms with Gasteiger partial charge in [-0.25, -0.2) is 4.98 Å². The molecule has 0 saturated carbocycles. The van der Waals surface area contributed by atoms with Gasteiger partial charge < -0.3 is 9.26 Å². The molecule has 4 heterocycles. The molecule has 1 aliphatic carbocycles. The standard InChI is InChI=1S/C22H28N4O3S2/c1-12(2)19-23-17(29-25-19)11-30-22-24-20-18(15-7-6-13(3)9-16(15)31-20)21(27)26(22)10-14-5-4-8-28-14/h12-14H,4-11H2,1-3H3. The maximum absolute atomic E-state index is 13.7. The molecule has 5 rings (SSSR count). The fourth-order valence-corrected chi connectivity index (χ4v) is 6.63. The summed E-state index contributed by atoms with van der Waals surface area (Å²) in [4.78, 5) is 25.3. The highest BCUT2D eigenvalue weighted by atomic mass is 32.2. The van der Waals surface area contributed by atoms with Gasteiger partial charge in [0.05, 0.1) is 23.8 Å². The molecule has 0 spiro atoms. The molecule has 0 N–H and O–H groups in total. The van der Waals surface area contributed by atoms with Crippen LogP contribution in [0.4, 0.5) is 0 Å². The van der Waals surface area contributed by atoms with E-state index in [1.165, 1.54) is 22.2 Å². The summed E-state index contributed by atoms with van der Waals surface area (Å²) in [6.45, 7) is 7.68. The summed E-state index contributed by atoms with van der Waals surface area (Å²) < 4.78 is 13.1. The number of hydrogen-bond acceptors (Lipinski definition) is 8. The molecule has 0 amide bonds. The maximum Gasteiger partial charge on any atom is 0.263 e. The molecule has 0 bridgehead atoms. The monoisotopic (exact) mass is 460 g/mol. The lowest BCUT2D eigenvalue weighted by Crippen LogP contribution is -2.29. The zero-order valence-corrected chi connectivity index (χ0v) is 19.9. The molecule has 0 aromatic carbocycles. The van der Waals surface area contributed by atoms with Crippen molar-refractivity contribution in [2.75, 3.05) is 6.61 Å². The minimum absolute atomic E-state index is 0.0710. The van der Waals surface area contributed by atoms with E-state index in [0.717, 1.165) is 48.9 Å². The van der Waals surface area contributed by atoms with E-state index in [-0.39, 0.29) is 17.6 Å². The number of hydrogen-bond donors (Lipinski definition) is 0. The Kier molecular flexibility index (Phi) is 5.92. The minimum atomic E-state index is 0.0710. The lowest BCUT2D eigenvalue weighted by atomic mass is 9.89. The third-order valence-corrected chi connectivity index (χ3v) is 8.22. The molecular weight excluding hydrogens is 432 g/mol. The van der Waals surface area contributed by atoms with Crippen molar-refractivity contribution in [2.45, 2.75) is 82.4 Å². The fourth-order valence-electron chi connectivity index (χ4n) is 4.36.